The van der Waals surface area contributed by atoms with Gasteiger partial charge in [0.05, 0.1) is 11.4 Å². The summed E-state index contributed by atoms with van der Waals surface area (Å²) >= 11 is 3.69. The molecule has 0 unspecified atom stereocenters. The molecule has 178 valence electrons. The molecule has 2 heterocycles. The predicted octanol–water partition coefficient (Wildman–Crippen LogP) is 10.5. The van der Waals surface area contributed by atoms with Crippen LogP contribution >= 0.6 is 23.5 Å². The lowest BCUT2D eigenvalue weighted by atomic mass is 9.93. The summed E-state index contributed by atoms with van der Waals surface area (Å²) in [6, 6.07) is 45.9. The molecule has 1 nitrogen and oxygen atoms in total. The number of hydrogen-bond donors (Lipinski definition) is 0. The van der Waals surface area contributed by atoms with Crippen LogP contribution < -0.4 is 0 Å². The molecule has 0 aliphatic carbocycles. The summed E-state index contributed by atoms with van der Waals surface area (Å²) in [6.07, 6.45) is 0. The van der Waals surface area contributed by atoms with Crippen molar-refractivity contribution in [3.05, 3.63) is 127 Å². The van der Waals surface area contributed by atoms with Crippen LogP contribution in [-0.2, 0) is 0 Å². The molecule has 0 amide bonds. The molecule has 38 heavy (non-hydrogen) atoms. The molecule has 3 heteroatoms. The number of fused-ring (bicyclic) bond motifs is 8. The van der Waals surface area contributed by atoms with Gasteiger partial charge < -0.3 is 0 Å². The summed E-state index contributed by atoms with van der Waals surface area (Å²) in [6.45, 7) is 0. The van der Waals surface area contributed by atoms with Gasteiger partial charge in [-0.15, -0.1) is 0 Å². The summed E-state index contributed by atoms with van der Waals surface area (Å²) in [5.74, 6) is 0. The van der Waals surface area contributed by atoms with Gasteiger partial charge in [-0.3, -0.25) is 0 Å². The fourth-order valence-corrected chi connectivity index (χ4v) is 7.76. The van der Waals surface area contributed by atoms with Crippen LogP contribution in [0.25, 0.3) is 54.8 Å². The number of rotatable bonds is 2. The summed E-state index contributed by atoms with van der Waals surface area (Å²) in [7, 11) is 0. The zero-order valence-electron chi connectivity index (χ0n) is 20.4. The first-order valence-electron chi connectivity index (χ1n) is 12.7. The van der Waals surface area contributed by atoms with Crippen LogP contribution in [0.15, 0.2) is 147 Å². The Bertz CT molecular complexity index is 2010. The Hall–Kier alpha value is -4.05. The summed E-state index contributed by atoms with van der Waals surface area (Å²) in [5, 5.41) is 7.72. The van der Waals surface area contributed by atoms with Gasteiger partial charge in [0.25, 0.3) is 0 Å². The molecule has 0 fully saturated rings. The molecule has 8 rings (SSSR count). The van der Waals surface area contributed by atoms with Crippen LogP contribution in [0.4, 0.5) is 0 Å². The third-order valence-electron chi connectivity index (χ3n) is 7.32. The standard InChI is InChI=1S/C35H21NS2/c1-2-10-26-24(8-1)25-9-3-4-11-27(25)29-20-22(16-18-28(26)29)30-12-7-13-31(36-30)23-17-19-34-35(21-23)38-33-15-6-5-14-32(33)37-34/h1-21H. The average Bonchev–Trinajstić information content (AvgIpc) is 2.99. The third-order valence-corrected chi connectivity index (χ3v) is 9.86. The minimum absolute atomic E-state index is 0.992. The lowest BCUT2D eigenvalue weighted by Crippen LogP contribution is -1.92. The van der Waals surface area contributed by atoms with E-state index in [0.717, 1.165) is 22.5 Å². The molecule has 0 saturated heterocycles. The van der Waals surface area contributed by atoms with E-state index >= 15 is 0 Å². The van der Waals surface area contributed by atoms with Crippen molar-refractivity contribution in [1.82, 2.24) is 4.98 Å². The smallest absolute Gasteiger partial charge is 0.0709 e. The Morgan fingerprint density at radius 3 is 1.47 bits per heavy atom. The fraction of sp³-hybridized carbons (Fsp3) is 0. The highest BCUT2D eigenvalue weighted by molar-refractivity contribution is 8.05. The third kappa shape index (κ3) is 3.54. The van der Waals surface area contributed by atoms with Crippen molar-refractivity contribution in [2.75, 3.05) is 0 Å². The van der Waals surface area contributed by atoms with Crippen LogP contribution in [0, 0.1) is 0 Å². The zero-order chi connectivity index (χ0) is 25.1. The lowest BCUT2D eigenvalue weighted by Gasteiger charge is -2.18. The van der Waals surface area contributed by atoms with Crippen LogP contribution in [-0.4, -0.2) is 4.98 Å². The first-order valence-corrected chi connectivity index (χ1v) is 14.3. The van der Waals surface area contributed by atoms with Gasteiger partial charge in [0.15, 0.2) is 0 Å². The van der Waals surface area contributed by atoms with Gasteiger partial charge in [-0.25, -0.2) is 4.98 Å². The zero-order valence-corrected chi connectivity index (χ0v) is 22.0. The molecule has 1 aliphatic heterocycles. The molecule has 0 spiro atoms. The maximum absolute atomic E-state index is 5.14. The second-order valence-corrected chi connectivity index (χ2v) is 11.7. The van der Waals surface area contributed by atoms with Gasteiger partial charge in [0.2, 0.25) is 0 Å². The van der Waals surface area contributed by atoms with E-state index in [-0.39, 0.29) is 0 Å². The normalized spacial score (nSPS) is 12.5. The number of nitrogens with zero attached hydrogens (tertiary/aromatic N) is 1. The van der Waals surface area contributed by atoms with Crippen molar-refractivity contribution in [3.63, 3.8) is 0 Å². The summed E-state index contributed by atoms with van der Waals surface area (Å²) < 4.78 is 0. The lowest BCUT2D eigenvalue weighted by molar-refractivity contribution is 1.15. The molecule has 7 aromatic rings. The Labute approximate surface area is 229 Å². The van der Waals surface area contributed by atoms with Crippen LogP contribution in [0.2, 0.25) is 0 Å². The van der Waals surface area contributed by atoms with Gasteiger partial charge in [-0.2, -0.15) is 0 Å². The highest BCUT2D eigenvalue weighted by Gasteiger charge is 2.18. The molecule has 0 atom stereocenters. The molecule has 1 aromatic heterocycles. The highest BCUT2D eigenvalue weighted by atomic mass is 32.2. The van der Waals surface area contributed by atoms with Gasteiger partial charge in [-0.1, -0.05) is 108 Å². The molecule has 0 radical (unpaired) electrons. The Morgan fingerprint density at radius 2 is 0.816 bits per heavy atom. The number of hydrogen-bond acceptors (Lipinski definition) is 3. The van der Waals surface area contributed by atoms with E-state index in [4.69, 9.17) is 4.98 Å². The molecule has 6 aromatic carbocycles. The summed E-state index contributed by atoms with van der Waals surface area (Å²) in [4.78, 5) is 10.4. The van der Waals surface area contributed by atoms with E-state index in [1.807, 2.05) is 23.5 Å². The Kier molecular flexibility index (Phi) is 5.07. The first kappa shape index (κ1) is 22.0. The Balaban J connectivity index is 1.24. The van der Waals surface area contributed by atoms with E-state index in [1.165, 1.54) is 51.9 Å². The van der Waals surface area contributed by atoms with Gasteiger partial charge in [0, 0.05) is 30.7 Å². The second-order valence-electron chi connectivity index (χ2n) is 9.57. The van der Waals surface area contributed by atoms with E-state index < -0.39 is 0 Å². The molecular formula is C35H21NS2. The maximum Gasteiger partial charge on any atom is 0.0709 e. The largest absolute Gasteiger partial charge is 0.248 e. The Morgan fingerprint density at radius 1 is 0.342 bits per heavy atom. The molecule has 0 saturated carbocycles. The molecule has 1 aliphatic rings. The van der Waals surface area contributed by atoms with Gasteiger partial charge in [0.1, 0.15) is 0 Å². The number of benzene rings is 6. The number of pyridine rings is 1. The van der Waals surface area contributed by atoms with Crippen molar-refractivity contribution < 1.29 is 0 Å². The molecule has 0 bridgehead atoms. The minimum Gasteiger partial charge on any atom is -0.248 e. The van der Waals surface area contributed by atoms with Crippen molar-refractivity contribution >= 4 is 55.8 Å². The van der Waals surface area contributed by atoms with E-state index in [0.29, 0.717) is 0 Å². The SMILES string of the molecule is c1cc(-c2ccc3c(c2)Sc2ccccc2S3)nc(-c2ccc3c4ccccc4c4ccccc4c3c2)c1. The molecule has 0 N–H and O–H groups in total. The first-order chi connectivity index (χ1) is 18.8. The van der Waals surface area contributed by atoms with E-state index in [2.05, 4.69) is 127 Å². The topological polar surface area (TPSA) is 12.9 Å². The molecular weight excluding hydrogens is 499 g/mol. The quantitative estimate of drug-likeness (QED) is 0.211. The van der Waals surface area contributed by atoms with Crippen molar-refractivity contribution in [2.45, 2.75) is 19.6 Å². The fourth-order valence-electron chi connectivity index (χ4n) is 5.51. The summed E-state index contributed by atoms with van der Waals surface area (Å²) in [5.41, 5.74) is 4.27. The van der Waals surface area contributed by atoms with Crippen LogP contribution in [0.1, 0.15) is 0 Å². The van der Waals surface area contributed by atoms with E-state index in [1.54, 1.807) is 0 Å². The predicted molar refractivity (Wildman–Crippen MR) is 162 cm³/mol. The van der Waals surface area contributed by atoms with Crippen molar-refractivity contribution in [2.24, 2.45) is 0 Å². The second kappa shape index (κ2) is 8.76. The van der Waals surface area contributed by atoms with Gasteiger partial charge in [-0.05, 0) is 74.8 Å². The highest BCUT2D eigenvalue weighted by Crippen LogP contribution is 2.49. The minimum atomic E-state index is 0.992. The average molecular weight is 520 g/mol. The van der Waals surface area contributed by atoms with E-state index in [9.17, 15) is 0 Å². The monoisotopic (exact) mass is 519 g/mol. The van der Waals surface area contributed by atoms with Crippen molar-refractivity contribution in [1.29, 1.82) is 0 Å². The van der Waals surface area contributed by atoms with Crippen LogP contribution in [0.3, 0.4) is 0 Å². The van der Waals surface area contributed by atoms with Crippen molar-refractivity contribution in [3.8, 4) is 22.5 Å². The maximum atomic E-state index is 5.14. The van der Waals surface area contributed by atoms with Gasteiger partial charge >= 0.3 is 0 Å². The number of aromatic nitrogens is 1. The van der Waals surface area contributed by atoms with Crippen LogP contribution in [0.5, 0.6) is 0 Å².